The van der Waals surface area contributed by atoms with Crippen LogP contribution < -0.4 is 0 Å². The van der Waals surface area contributed by atoms with E-state index in [1.54, 1.807) is 11.3 Å². The van der Waals surface area contributed by atoms with Gasteiger partial charge in [-0.05, 0) is 13.3 Å². The van der Waals surface area contributed by atoms with Crippen molar-refractivity contribution < 1.29 is 9.84 Å². The number of thiazole rings is 1. The van der Waals surface area contributed by atoms with Gasteiger partial charge in [0.15, 0.2) is 0 Å². The van der Waals surface area contributed by atoms with Gasteiger partial charge in [-0.25, -0.2) is 4.98 Å². The van der Waals surface area contributed by atoms with Crippen LogP contribution in [0.4, 0.5) is 0 Å². The van der Waals surface area contributed by atoms with Crippen molar-refractivity contribution in [1.29, 1.82) is 0 Å². The molecule has 13 heavy (non-hydrogen) atoms. The Morgan fingerprint density at radius 3 is 3.15 bits per heavy atom. The van der Waals surface area contributed by atoms with Gasteiger partial charge in [0.2, 0.25) is 0 Å². The molecule has 0 saturated carbocycles. The van der Waals surface area contributed by atoms with Gasteiger partial charge in [-0.3, -0.25) is 0 Å². The number of aliphatic hydroxyl groups excluding tert-OH is 1. The molecule has 0 bridgehead atoms. The van der Waals surface area contributed by atoms with Gasteiger partial charge in [-0.15, -0.1) is 11.3 Å². The third-order valence-electron chi connectivity index (χ3n) is 2.21. The third-order valence-corrected chi connectivity index (χ3v) is 3.22. The van der Waals surface area contributed by atoms with Crippen molar-refractivity contribution in [2.75, 3.05) is 6.61 Å². The predicted octanol–water partition coefficient (Wildman–Crippen LogP) is 1.66. The molecule has 2 rings (SSSR count). The molecule has 1 saturated heterocycles. The highest BCUT2D eigenvalue weighted by atomic mass is 32.1. The van der Waals surface area contributed by atoms with Crippen LogP contribution in [-0.2, 0) is 4.74 Å². The quantitative estimate of drug-likeness (QED) is 0.748. The monoisotopic (exact) mass is 199 g/mol. The lowest BCUT2D eigenvalue weighted by Crippen LogP contribution is -2.22. The zero-order valence-corrected chi connectivity index (χ0v) is 8.38. The zero-order chi connectivity index (χ0) is 9.26. The Kier molecular flexibility index (Phi) is 2.62. The van der Waals surface area contributed by atoms with E-state index in [1.165, 1.54) is 0 Å². The Balaban J connectivity index is 2.08. The molecule has 0 radical (unpaired) electrons. The minimum atomic E-state index is -0.207. The van der Waals surface area contributed by atoms with Crippen molar-refractivity contribution in [1.82, 2.24) is 4.98 Å². The molecular weight excluding hydrogens is 186 g/mol. The molecule has 0 aromatic carbocycles. The fourth-order valence-electron chi connectivity index (χ4n) is 1.50. The van der Waals surface area contributed by atoms with Crippen molar-refractivity contribution >= 4 is 11.3 Å². The number of aliphatic hydroxyl groups is 1. The lowest BCUT2D eigenvalue weighted by Gasteiger charge is -2.25. The summed E-state index contributed by atoms with van der Waals surface area (Å²) in [6, 6.07) is 0. The summed E-state index contributed by atoms with van der Waals surface area (Å²) < 4.78 is 5.56. The molecule has 0 aliphatic carbocycles. The van der Waals surface area contributed by atoms with Crippen LogP contribution in [-0.4, -0.2) is 22.8 Å². The predicted molar refractivity (Wildman–Crippen MR) is 50.8 cm³/mol. The molecule has 72 valence electrons. The van der Waals surface area contributed by atoms with Crippen LogP contribution in [0.15, 0.2) is 6.20 Å². The first-order valence-corrected chi connectivity index (χ1v) is 5.29. The van der Waals surface area contributed by atoms with Gasteiger partial charge in [0.1, 0.15) is 0 Å². The van der Waals surface area contributed by atoms with E-state index >= 15 is 0 Å². The Labute approximate surface area is 81.4 Å². The van der Waals surface area contributed by atoms with Crippen LogP contribution in [0.3, 0.4) is 0 Å². The number of ether oxygens (including phenoxy) is 1. The standard InChI is InChI=1S/C9H13NO2S/c1-6-10-5-9(13-6)8-4-7(11)2-3-12-8/h5,7-8,11H,2-4H2,1H3. The Hall–Kier alpha value is -0.450. The van der Waals surface area contributed by atoms with E-state index in [0.717, 1.165) is 16.3 Å². The summed E-state index contributed by atoms with van der Waals surface area (Å²) in [5.74, 6) is 0. The van der Waals surface area contributed by atoms with Crippen molar-refractivity contribution in [3.8, 4) is 0 Å². The van der Waals surface area contributed by atoms with Crippen molar-refractivity contribution in [3.63, 3.8) is 0 Å². The molecule has 4 heteroatoms. The van der Waals surface area contributed by atoms with E-state index in [9.17, 15) is 5.11 Å². The van der Waals surface area contributed by atoms with Gasteiger partial charge < -0.3 is 9.84 Å². The number of aromatic nitrogens is 1. The van der Waals surface area contributed by atoms with E-state index in [1.807, 2.05) is 13.1 Å². The normalized spacial score (nSPS) is 29.1. The molecule has 0 amide bonds. The van der Waals surface area contributed by atoms with Crippen molar-refractivity contribution in [3.05, 3.63) is 16.1 Å². The van der Waals surface area contributed by atoms with Gasteiger partial charge in [0, 0.05) is 19.2 Å². The molecule has 1 aliphatic heterocycles. The van der Waals surface area contributed by atoms with E-state index in [4.69, 9.17) is 4.74 Å². The molecule has 1 aliphatic rings. The highest BCUT2D eigenvalue weighted by Crippen LogP contribution is 2.31. The van der Waals surface area contributed by atoms with Crippen LogP contribution in [0.1, 0.15) is 28.8 Å². The minimum absolute atomic E-state index is 0.0648. The summed E-state index contributed by atoms with van der Waals surface area (Å²) in [6.07, 6.45) is 3.18. The summed E-state index contributed by atoms with van der Waals surface area (Å²) >= 11 is 1.65. The van der Waals surface area contributed by atoms with Gasteiger partial charge in [-0.2, -0.15) is 0 Å². The molecule has 2 atom stereocenters. The molecule has 2 heterocycles. The van der Waals surface area contributed by atoms with Gasteiger partial charge >= 0.3 is 0 Å². The summed E-state index contributed by atoms with van der Waals surface area (Å²) in [7, 11) is 0. The van der Waals surface area contributed by atoms with Crippen LogP contribution in [0.25, 0.3) is 0 Å². The van der Waals surface area contributed by atoms with E-state index in [-0.39, 0.29) is 12.2 Å². The highest BCUT2D eigenvalue weighted by molar-refractivity contribution is 7.11. The number of rotatable bonds is 1. The maximum atomic E-state index is 9.45. The minimum Gasteiger partial charge on any atom is -0.393 e. The molecule has 2 unspecified atom stereocenters. The Morgan fingerprint density at radius 1 is 1.69 bits per heavy atom. The van der Waals surface area contributed by atoms with Crippen molar-refractivity contribution in [2.45, 2.75) is 32.0 Å². The zero-order valence-electron chi connectivity index (χ0n) is 7.56. The lowest BCUT2D eigenvalue weighted by atomic mass is 10.1. The molecule has 1 aromatic rings. The van der Waals surface area contributed by atoms with Gasteiger partial charge in [0.25, 0.3) is 0 Å². The van der Waals surface area contributed by atoms with E-state index in [0.29, 0.717) is 13.0 Å². The fraction of sp³-hybridized carbons (Fsp3) is 0.667. The topological polar surface area (TPSA) is 42.4 Å². The van der Waals surface area contributed by atoms with Crippen LogP contribution in [0.2, 0.25) is 0 Å². The molecule has 1 fully saturated rings. The lowest BCUT2D eigenvalue weighted by molar-refractivity contribution is -0.0432. The summed E-state index contributed by atoms with van der Waals surface area (Å²) in [4.78, 5) is 5.31. The first kappa shape index (κ1) is 9.12. The third kappa shape index (κ3) is 2.07. The average Bonchev–Trinajstić information content (AvgIpc) is 2.52. The first-order valence-electron chi connectivity index (χ1n) is 4.47. The second-order valence-corrected chi connectivity index (χ2v) is 4.59. The van der Waals surface area contributed by atoms with E-state index < -0.39 is 0 Å². The summed E-state index contributed by atoms with van der Waals surface area (Å²) in [5, 5.41) is 10.5. The smallest absolute Gasteiger partial charge is 0.0957 e. The molecular formula is C9H13NO2S. The summed E-state index contributed by atoms with van der Waals surface area (Å²) in [5.41, 5.74) is 0. The second kappa shape index (κ2) is 3.74. The highest BCUT2D eigenvalue weighted by Gasteiger charge is 2.23. The molecule has 1 N–H and O–H groups in total. The van der Waals surface area contributed by atoms with Gasteiger partial charge in [-0.1, -0.05) is 0 Å². The van der Waals surface area contributed by atoms with Crippen LogP contribution in [0.5, 0.6) is 0 Å². The maximum Gasteiger partial charge on any atom is 0.0957 e. The largest absolute Gasteiger partial charge is 0.393 e. The average molecular weight is 199 g/mol. The fourth-order valence-corrected chi connectivity index (χ4v) is 2.35. The number of nitrogens with zero attached hydrogens (tertiary/aromatic N) is 1. The molecule has 3 nitrogen and oxygen atoms in total. The summed E-state index contributed by atoms with van der Waals surface area (Å²) in [6.45, 7) is 2.64. The first-order chi connectivity index (χ1) is 6.25. The molecule has 0 spiro atoms. The van der Waals surface area contributed by atoms with E-state index in [2.05, 4.69) is 4.98 Å². The van der Waals surface area contributed by atoms with Crippen molar-refractivity contribution in [2.24, 2.45) is 0 Å². The number of hydrogen-bond acceptors (Lipinski definition) is 4. The Bertz CT molecular complexity index is 287. The second-order valence-electron chi connectivity index (χ2n) is 3.32. The maximum absolute atomic E-state index is 9.45. The number of hydrogen-bond donors (Lipinski definition) is 1. The number of aryl methyl sites for hydroxylation is 1. The van der Waals surface area contributed by atoms with Gasteiger partial charge in [0.05, 0.1) is 22.1 Å². The van der Waals surface area contributed by atoms with Crippen LogP contribution >= 0.6 is 11.3 Å². The van der Waals surface area contributed by atoms with Crippen LogP contribution in [0, 0.1) is 6.92 Å². The SMILES string of the molecule is Cc1ncc(C2CC(O)CCO2)s1. The Morgan fingerprint density at radius 2 is 2.54 bits per heavy atom. The molecule has 1 aromatic heterocycles.